The van der Waals surface area contributed by atoms with Gasteiger partial charge in [0.2, 0.25) is 0 Å². The number of amides is 1. The van der Waals surface area contributed by atoms with Crippen molar-refractivity contribution in [2.75, 3.05) is 0 Å². The lowest BCUT2D eigenvalue weighted by molar-refractivity contribution is 0.0951. The highest BCUT2D eigenvalue weighted by atomic mass is 79.9. The highest BCUT2D eigenvalue weighted by Gasteiger charge is 2.10. The first kappa shape index (κ1) is 15.5. The van der Waals surface area contributed by atoms with Crippen LogP contribution in [0.1, 0.15) is 21.5 Å². The molecule has 0 aliphatic rings. The minimum Gasteiger partial charge on any atom is -0.409 e. The van der Waals surface area contributed by atoms with Crippen LogP contribution in [0.3, 0.4) is 0 Å². The Hall–Kier alpha value is -1.93. The van der Waals surface area contributed by atoms with Gasteiger partial charge in [-0.25, -0.2) is 4.39 Å². The number of hydrogen-bond acceptors (Lipinski definition) is 4. The van der Waals surface area contributed by atoms with E-state index in [4.69, 9.17) is 10.9 Å². The Kier molecular flexibility index (Phi) is 4.92. The number of carbonyl (C=O) groups is 1. The largest absolute Gasteiger partial charge is 0.409 e. The highest BCUT2D eigenvalue weighted by Crippen LogP contribution is 2.20. The van der Waals surface area contributed by atoms with Crippen LogP contribution in [-0.2, 0) is 6.54 Å². The summed E-state index contributed by atoms with van der Waals surface area (Å²) < 4.78 is 14.7. The monoisotopic (exact) mass is 371 g/mol. The number of benzene rings is 1. The molecule has 2 rings (SSSR count). The molecule has 0 bridgehead atoms. The Morgan fingerprint density at radius 1 is 1.43 bits per heavy atom. The number of nitrogens with two attached hydrogens (primary N) is 1. The van der Waals surface area contributed by atoms with Gasteiger partial charge in [-0.1, -0.05) is 17.3 Å². The zero-order chi connectivity index (χ0) is 15.4. The van der Waals surface area contributed by atoms with Crippen LogP contribution < -0.4 is 11.1 Å². The van der Waals surface area contributed by atoms with Crippen molar-refractivity contribution >= 4 is 39.0 Å². The average molecular weight is 372 g/mol. The number of amidine groups is 1. The van der Waals surface area contributed by atoms with Crippen LogP contribution in [0.25, 0.3) is 0 Å². The first-order chi connectivity index (χ1) is 10.0. The molecule has 1 heterocycles. The molecule has 0 radical (unpaired) electrons. The minimum absolute atomic E-state index is 0.0502. The van der Waals surface area contributed by atoms with Crippen LogP contribution in [-0.4, -0.2) is 17.0 Å². The van der Waals surface area contributed by atoms with Crippen LogP contribution in [0.15, 0.2) is 38.6 Å². The number of halogens is 2. The number of thiophene rings is 1. The van der Waals surface area contributed by atoms with Gasteiger partial charge in [0.1, 0.15) is 5.82 Å². The summed E-state index contributed by atoms with van der Waals surface area (Å²) >= 11 is 4.67. The number of oxime groups is 1. The van der Waals surface area contributed by atoms with Gasteiger partial charge in [0.15, 0.2) is 5.84 Å². The molecule has 0 spiro atoms. The molecule has 110 valence electrons. The highest BCUT2D eigenvalue weighted by molar-refractivity contribution is 9.11. The van der Waals surface area contributed by atoms with E-state index in [2.05, 4.69) is 26.4 Å². The number of hydrogen-bond donors (Lipinski definition) is 3. The molecule has 0 saturated carbocycles. The first-order valence-corrected chi connectivity index (χ1v) is 7.47. The van der Waals surface area contributed by atoms with Crippen molar-refractivity contribution in [3.63, 3.8) is 0 Å². The van der Waals surface area contributed by atoms with Crippen LogP contribution >= 0.6 is 27.3 Å². The lowest BCUT2D eigenvalue weighted by Gasteiger charge is -2.07. The third kappa shape index (κ3) is 3.79. The van der Waals surface area contributed by atoms with E-state index < -0.39 is 5.82 Å². The van der Waals surface area contributed by atoms with Crippen molar-refractivity contribution < 1.29 is 14.4 Å². The van der Waals surface area contributed by atoms with E-state index in [9.17, 15) is 9.18 Å². The van der Waals surface area contributed by atoms with Crippen molar-refractivity contribution in [3.05, 3.63) is 55.9 Å². The number of rotatable bonds is 4. The molecule has 0 unspecified atom stereocenters. The Morgan fingerprint density at radius 2 is 2.19 bits per heavy atom. The second kappa shape index (κ2) is 6.68. The van der Waals surface area contributed by atoms with E-state index in [0.29, 0.717) is 11.1 Å². The van der Waals surface area contributed by atoms with Crippen molar-refractivity contribution in [2.45, 2.75) is 6.54 Å². The van der Waals surface area contributed by atoms with Crippen molar-refractivity contribution in [2.24, 2.45) is 10.9 Å². The summed E-state index contributed by atoms with van der Waals surface area (Å²) in [5.74, 6) is -0.990. The molecule has 0 aliphatic heterocycles. The Balaban J connectivity index is 2.05. The van der Waals surface area contributed by atoms with Crippen LogP contribution in [0.4, 0.5) is 4.39 Å². The van der Waals surface area contributed by atoms with E-state index in [1.54, 1.807) is 11.4 Å². The summed E-state index contributed by atoms with van der Waals surface area (Å²) in [4.78, 5) is 11.8. The standard InChI is InChI=1S/C13H11BrFN3O2S/c14-11-4-9(6-21-11)13(19)17-5-8-2-1-7(3-10(8)15)12(16)18-20/h1-4,6,20H,5H2,(H2,16,18)(H,17,19). The predicted molar refractivity (Wildman–Crippen MR) is 82.1 cm³/mol. The average Bonchev–Trinajstić information content (AvgIpc) is 2.91. The molecule has 1 aromatic heterocycles. The maximum atomic E-state index is 13.9. The van der Waals surface area contributed by atoms with Crippen molar-refractivity contribution in [1.82, 2.24) is 5.32 Å². The predicted octanol–water partition coefficient (Wildman–Crippen LogP) is 2.67. The molecular weight excluding hydrogens is 361 g/mol. The van der Waals surface area contributed by atoms with Gasteiger partial charge in [0, 0.05) is 23.1 Å². The van der Waals surface area contributed by atoms with E-state index in [1.165, 1.54) is 23.5 Å². The third-order valence-electron chi connectivity index (χ3n) is 2.73. The Bertz CT molecular complexity index is 702. The minimum atomic E-state index is -0.536. The van der Waals surface area contributed by atoms with E-state index in [-0.39, 0.29) is 23.9 Å². The SMILES string of the molecule is N/C(=N/O)c1ccc(CNC(=O)c2csc(Br)c2)c(F)c1. The topological polar surface area (TPSA) is 87.7 Å². The Morgan fingerprint density at radius 3 is 2.76 bits per heavy atom. The Labute approximate surface area is 132 Å². The normalized spacial score (nSPS) is 11.4. The van der Waals surface area contributed by atoms with Gasteiger partial charge in [-0.2, -0.15) is 0 Å². The third-order valence-corrected chi connectivity index (χ3v) is 4.23. The summed E-state index contributed by atoms with van der Waals surface area (Å²) in [5, 5.41) is 15.7. The van der Waals surface area contributed by atoms with Gasteiger partial charge in [-0.05, 0) is 28.1 Å². The van der Waals surface area contributed by atoms with Gasteiger partial charge >= 0.3 is 0 Å². The van der Waals surface area contributed by atoms with E-state index in [1.807, 2.05) is 0 Å². The second-order valence-corrected chi connectivity index (χ2v) is 6.40. The molecule has 0 fully saturated rings. The summed E-state index contributed by atoms with van der Waals surface area (Å²) in [7, 11) is 0. The molecule has 0 atom stereocenters. The maximum absolute atomic E-state index is 13.9. The summed E-state index contributed by atoms with van der Waals surface area (Å²) in [6.07, 6.45) is 0. The van der Waals surface area contributed by atoms with Gasteiger partial charge < -0.3 is 16.3 Å². The van der Waals surface area contributed by atoms with Gasteiger partial charge in [-0.15, -0.1) is 11.3 Å². The van der Waals surface area contributed by atoms with Crippen LogP contribution in [0.2, 0.25) is 0 Å². The van der Waals surface area contributed by atoms with Crippen LogP contribution in [0.5, 0.6) is 0 Å². The molecule has 8 heteroatoms. The first-order valence-electron chi connectivity index (χ1n) is 5.80. The van der Waals surface area contributed by atoms with Crippen molar-refractivity contribution in [3.8, 4) is 0 Å². The van der Waals surface area contributed by atoms with Gasteiger partial charge in [-0.3, -0.25) is 4.79 Å². The fourth-order valence-corrected chi connectivity index (χ4v) is 2.75. The fourth-order valence-electron chi connectivity index (χ4n) is 1.61. The molecule has 0 aliphatic carbocycles. The van der Waals surface area contributed by atoms with Crippen LogP contribution in [0, 0.1) is 5.82 Å². The molecule has 21 heavy (non-hydrogen) atoms. The molecule has 0 saturated heterocycles. The van der Waals surface area contributed by atoms with Gasteiger partial charge in [0.05, 0.1) is 9.35 Å². The number of nitrogens with one attached hydrogen (secondary N) is 1. The zero-order valence-electron chi connectivity index (χ0n) is 10.6. The fraction of sp³-hybridized carbons (Fsp3) is 0.0769. The van der Waals surface area contributed by atoms with Crippen molar-refractivity contribution in [1.29, 1.82) is 0 Å². The molecule has 4 N–H and O–H groups in total. The molecular formula is C13H11BrFN3O2S. The number of carbonyl (C=O) groups excluding carboxylic acids is 1. The summed E-state index contributed by atoms with van der Waals surface area (Å²) in [6.45, 7) is 0.0502. The van der Waals surface area contributed by atoms with Gasteiger partial charge in [0.25, 0.3) is 5.91 Å². The zero-order valence-corrected chi connectivity index (χ0v) is 13.0. The molecule has 2 aromatic rings. The number of nitrogens with zero attached hydrogens (tertiary/aromatic N) is 1. The smallest absolute Gasteiger partial charge is 0.252 e. The maximum Gasteiger partial charge on any atom is 0.252 e. The molecule has 1 amide bonds. The lowest BCUT2D eigenvalue weighted by Crippen LogP contribution is -2.23. The summed E-state index contributed by atoms with van der Waals surface area (Å²) in [6, 6.07) is 5.84. The quantitative estimate of drug-likeness (QED) is 0.334. The molecule has 5 nitrogen and oxygen atoms in total. The summed E-state index contributed by atoms with van der Waals surface area (Å²) in [5.41, 5.74) is 6.47. The van der Waals surface area contributed by atoms with E-state index in [0.717, 1.165) is 9.85 Å². The molecule has 1 aromatic carbocycles. The lowest BCUT2D eigenvalue weighted by atomic mass is 10.1. The second-order valence-electron chi connectivity index (χ2n) is 4.11. The van der Waals surface area contributed by atoms with E-state index >= 15 is 0 Å².